The molecule has 2 heterocycles. The standard InChI is InChI=1S/C36H26ClF3N2O3/c1-41(2)25-16-17-29-32(20-25)44-33-30(35(29)28-11-7-6-10-27(28)34(43)45-35)18-26(19-31(33)37)42(21-22-8-4-3-5-9-22)24-14-12-23(13-15-24)36(38,39)40/h3-20H,21H2,1-2H3. The Morgan fingerprint density at radius 3 is 2.16 bits per heavy atom. The van der Waals surface area contributed by atoms with Crippen molar-refractivity contribution in [2.24, 2.45) is 0 Å². The van der Waals surface area contributed by atoms with Crippen LogP contribution in [0, 0.1) is 0 Å². The summed E-state index contributed by atoms with van der Waals surface area (Å²) in [6.45, 7) is 0.328. The van der Waals surface area contributed by atoms with Gasteiger partial charge in [0.25, 0.3) is 0 Å². The highest BCUT2D eigenvalue weighted by atomic mass is 35.5. The highest BCUT2D eigenvalue weighted by molar-refractivity contribution is 6.32. The Bertz CT molecular complexity index is 1940. The number of hydrogen-bond acceptors (Lipinski definition) is 5. The fraction of sp³-hybridized carbons (Fsp3) is 0.139. The van der Waals surface area contributed by atoms with Crippen LogP contribution in [0.3, 0.4) is 0 Å². The molecule has 0 amide bonds. The highest BCUT2D eigenvalue weighted by Gasteiger charge is 2.54. The van der Waals surface area contributed by atoms with Gasteiger partial charge in [-0.15, -0.1) is 0 Å². The first-order chi connectivity index (χ1) is 21.6. The summed E-state index contributed by atoms with van der Waals surface area (Å²) in [5.41, 5.74) is 3.02. The Labute approximate surface area is 263 Å². The van der Waals surface area contributed by atoms with Gasteiger partial charge in [0.05, 0.1) is 21.7 Å². The van der Waals surface area contributed by atoms with Crippen LogP contribution in [0.1, 0.15) is 38.2 Å². The lowest BCUT2D eigenvalue weighted by atomic mass is 9.77. The number of nitrogens with zero attached hydrogens (tertiary/aromatic N) is 2. The lowest BCUT2D eigenvalue weighted by Gasteiger charge is -2.38. The zero-order valence-corrected chi connectivity index (χ0v) is 25.0. The molecule has 0 aromatic heterocycles. The molecule has 0 aliphatic carbocycles. The number of alkyl halides is 3. The number of halogens is 4. The molecule has 1 unspecified atom stereocenters. The van der Waals surface area contributed by atoms with Crippen molar-refractivity contribution in [2.75, 3.05) is 23.9 Å². The van der Waals surface area contributed by atoms with E-state index < -0.39 is 23.3 Å². The summed E-state index contributed by atoms with van der Waals surface area (Å²) in [5.74, 6) is 0.351. The topological polar surface area (TPSA) is 42.0 Å². The molecule has 1 atom stereocenters. The average Bonchev–Trinajstić information content (AvgIpc) is 3.33. The second kappa shape index (κ2) is 10.6. The van der Waals surface area contributed by atoms with E-state index in [1.807, 2.05) is 90.6 Å². The predicted molar refractivity (Wildman–Crippen MR) is 168 cm³/mol. The molecule has 1 spiro atoms. The molecule has 7 rings (SSSR count). The molecule has 0 fully saturated rings. The molecule has 0 radical (unpaired) electrons. The number of hydrogen-bond donors (Lipinski definition) is 0. The van der Waals surface area contributed by atoms with E-state index in [2.05, 4.69) is 0 Å². The Hall–Kier alpha value is -4.95. The van der Waals surface area contributed by atoms with Crippen molar-refractivity contribution in [1.29, 1.82) is 0 Å². The van der Waals surface area contributed by atoms with Gasteiger partial charge in [0, 0.05) is 54.9 Å². The molecule has 5 aromatic rings. The van der Waals surface area contributed by atoms with Crippen LogP contribution in [0.4, 0.5) is 30.2 Å². The third kappa shape index (κ3) is 4.77. The highest BCUT2D eigenvalue weighted by Crippen LogP contribution is 2.59. The molecule has 5 aromatic carbocycles. The van der Waals surface area contributed by atoms with Crippen LogP contribution in [-0.2, 0) is 23.1 Å². The third-order valence-electron chi connectivity index (χ3n) is 8.25. The molecule has 9 heteroatoms. The first-order valence-electron chi connectivity index (χ1n) is 14.2. The number of anilines is 3. The maximum absolute atomic E-state index is 13.5. The molecule has 0 N–H and O–H groups in total. The van der Waals surface area contributed by atoms with Crippen molar-refractivity contribution in [3.8, 4) is 11.5 Å². The second-order valence-electron chi connectivity index (χ2n) is 11.2. The minimum Gasteiger partial charge on any atom is -0.455 e. The largest absolute Gasteiger partial charge is 0.455 e. The van der Waals surface area contributed by atoms with Gasteiger partial charge in [-0.2, -0.15) is 13.2 Å². The van der Waals surface area contributed by atoms with Crippen molar-refractivity contribution in [3.63, 3.8) is 0 Å². The smallest absolute Gasteiger partial charge is 0.416 e. The van der Waals surface area contributed by atoms with E-state index in [-0.39, 0.29) is 5.02 Å². The average molecular weight is 627 g/mol. The van der Waals surface area contributed by atoms with Gasteiger partial charge in [-0.1, -0.05) is 60.1 Å². The number of ether oxygens (including phenoxy) is 2. The Kier molecular flexibility index (Phi) is 6.78. The van der Waals surface area contributed by atoms with Crippen molar-refractivity contribution in [1.82, 2.24) is 0 Å². The summed E-state index contributed by atoms with van der Waals surface area (Å²) < 4.78 is 53.2. The van der Waals surface area contributed by atoms with Gasteiger partial charge in [-0.05, 0) is 60.2 Å². The van der Waals surface area contributed by atoms with Gasteiger partial charge in [0.2, 0.25) is 0 Å². The van der Waals surface area contributed by atoms with Crippen molar-refractivity contribution >= 4 is 34.6 Å². The summed E-state index contributed by atoms with van der Waals surface area (Å²) in [7, 11) is 3.84. The molecule has 0 saturated heterocycles. The lowest BCUT2D eigenvalue weighted by Crippen LogP contribution is -2.33. The number of esters is 1. The van der Waals surface area contributed by atoms with Gasteiger partial charge in [-0.25, -0.2) is 4.79 Å². The minimum absolute atomic E-state index is 0.258. The molecule has 2 aliphatic heterocycles. The summed E-state index contributed by atoms with van der Waals surface area (Å²) in [5, 5.41) is 0.258. The van der Waals surface area contributed by atoms with Crippen LogP contribution in [0.2, 0.25) is 5.02 Å². The zero-order valence-electron chi connectivity index (χ0n) is 24.2. The lowest BCUT2D eigenvalue weighted by molar-refractivity contribution is -0.137. The molecule has 45 heavy (non-hydrogen) atoms. The Morgan fingerprint density at radius 2 is 1.44 bits per heavy atom. The summed E-state index contributed by atoms with van der Waals surface area (Å²) in [6.07, 6.45) is -4.47. The maximum Gasteiger partial charge on any atom is 0.416 e. The Balaban J connectivity index is 1.45. The number of carbonyl (C=O) groups excluding carboxylic acids is 1. The molecule has 2 aliphatic rings. The van der Waals surface area contributed by atoms with Crippen LogP contribution in [0.15, 0.2) is 109 Å². The van der Waals surface area contributed by atoms with E-state index >= 15 is 0 Å². The van der Waals surface area contributed by atoms with E-state index in [1.54, 1.807) is 18.2 Å². The zero-order chi connectivity index (χ0) is 31.5. The summed E-state index contributed by atoms with van der Waals surface area (Å²) >= 11 is 7.01. The van der Waals surface area contributed by atoms with Crippen LogP contribution in [-0.4, -0.2) is 20.1 Å². The second-order valence-corrected chi connectivity index (χ2v) is 11.6. The van der Waals surface area contributed by atoms with Crippen LogP contribution in [0.25, 0.3) is 0 Å². The third-order valence-corrected chi connectivity index (χ3v) is 8.53. The van der Waals surface area contributed by atoms with Gasteiger partial charge in [0.1, 0.15) is 5.75 Å². The van der Waals surface area contributed by atoms with Gasteiger partial charge < -0.3 is 19.3 Å². The van der Waals surface area contributed by atoms with E-state index in [9.17, 15) is 18.0 Å². The molecular formula is C36H26ClF3N2O3. The van der Waals surface area contributed by atoms with Crippen molar-refractivity contribution < 1.29 is 27.4 Å². The maximum atomic E-state index is 13.5. The molecular weight excluding hydrogens is 601 g/mol. The van der Waals surface area contributed by atoms with Crippen molar-refractivity contribution in [2.45, 2.75) is 18.3 Å². The Morgan fingerprint density at radius 1 is 0.756 bits per heavy atom. The van der Waals surface area contributed by atoms with Crippen LogP contribution < -0.4 is 14.5 Å². The summed E-state index contributed by atoms with van der Waals surface area (Å²) in [6, 6.07) is 31.1. The van der Waals surface area contributed by atoms with Crippen LogP contribution >= 0.6 is 11.6 Å². The summed E-state index contributed by atoms with van der Waals surface area (Å²) in [4.78, 5) is 17.2. The SMILES string of the molecule is CN(C)c1ccc2c(c1)Oc1c(Cl)cc(N(Cc3ccccc3)c3ccc(C(F)(F)F)cc3)cc1C21OC(=O)c2ccccc21. The number of carbonyl (C=O) groups is 1. The fourth-order valence-electron chi connectivity index (χ4n) is 6.06. The molecule has 226 valence electrons. The van der Waals surface area contributed by atoms with E-state index in [0.29, 0.717) is 51.7 Å². The number of fused-ring (bicyclic) bond motifs is 6. The van der Waals surface area contributed by atoms with Gasteiger partial charge in [-0.3, -0.25) is 0 Å². The first kappa shape index (κ1) is 28.8. The van der Waals surface area contributed by atoms with E-state index in [1.165, 1.54) is 12.1 Å². The molecule has 5 nitrogen and oxygen atoms in total. The van der Waals surface area contributed by atoms with E-state index in [4.69, 9.17) is 21.1 Å². The van der Waals surface area contributed by atoms with Gasteiger partial charge in [0.15, 0.2) is 11.4 Å². The first-order valence-corrected chi connectivity index (χ1v) is 14.6. The molecule has 0 saturated carbocycles. The van der Waals surface area contributed by atoms with Gasteiger partial charge >= 0.3 is 12.1 Å². The van der Waals surface area contributed by atoms with Crippen molar-refractivity contribution in [3.05, 3.63) is 148 Å². The quantitative estimate of drug-likeness (QED) is 0.182. The van der Waals surface area contributed by atoms with E-state index in [0.717, 1.165) is 23.4 Å². The van der Waals surface area contributed by atoms with Crippen LogP contribution in [0.5, 0.6) is 11.5 Å². The monoisotopic (exact) mass is 626 g/mol. The number of rotatable bonds is 5. The fourth-order valence-corrected chi connectivity index (χ4v) is 6.32. The molecule has 0 bridgehead atoms. The minimum atomic E-state index is -4.47. The predicted octanol–water partition coefficient (Wildman–Crippen LogP) is 9.33. The normalized spacial score (nSPS) is 16.4. The number of benzene rings is 5.